The minimum Gasteiger partial charge on any atom is -0.489 e. The summed E-state index contributed by atoms with van der Waals surface area (Å²) in [5, 5.41) is 19.8. The van der Waals surface area contributed by atoms with Crippen molar-refractivity contribution in [2.45, 2.75) is 31.4 Å². The highest BCUT2D eigenvalue weighted by molar-refractivity contribution is 6.22. The standard InChI is InChI=1S/C25H24N4O5.2C2HF3O2/c1-16-14-17(20-4-2-3-5-21(20)26-16)15-34-19-8-6-18(7-9-19)25(29-10-12-33-13-11-29)22(30)27-24(32)28-23(25)31;2*3-2(4,5)1(6)7/h2-9,14H,10-13,15H2,1H3,(H2,27,28,30,31,32);2*(H,6,7). The van der Waals surface area contributed by atoms with Crippen molar-refractivity contribution in [3.05, 3.63) is 71.4 Å². The molecule has 0 atom stereocenters. The van der Waals surface area contributed by atoms with Crippen molar-refractivity contribution in [3.8, 4) is 5.75 Å². The van der Waals surface area contributed by atoms with E-state index in [1.807, 2.05) is 37.3 Å². The van der Waals surface area contributed by atoms with Crippen molar-refractivity contribution < 1.29 is 70.0 Å². The number of carbonyl (C=O) groups excluding carboxylic acids is 3. The number of hydrogen-bond acceptors (Lipinski definition) is 9. The van der Waals surface area contributed by atoms with E-state index < -0.39 is 47.7 Å². The van der Waals surface area contributed by atoms with Gasteiger partial charge in [-0.05, 0) is 36.8 Å². The van der Waals surface area contributed by atoms with E-state index in [1.165, 1.54) is 0 Å². The van der Waals surface area contributed by atoms with Crippen LogP contribution in [-0.4, -0.2) is 88.5 Å². The van der Waals surface area contributed by atoms with Gasteiger partial charge in [0.05, 0.1) is 18.7 Å². The number of barbiturate groups is 1. The number of aryl methyl sites for hydroxylation is 1. The molecular weight excluding hydrogens is 662 g/mol. The molecule has 2 fully saturated rings. The summed E-state index contributed by atoms with van der Waals surface area (Å²) < 4.78 is 74.9. The monoisotopic (exact) mass is 688 g/mol. The number of aromatic nitrogens is 1. The Hall–Kier alpha value is -5.30. The maximum Gasteiger partial charge on any atom is 0.490 e. The number of para-hydroxylation sites is 1. The third-order valence-corrected chi connectivity index (χ3v) is 6.68. The summed E-state index contributed by atoms with van der Waals surface area (Å²) in [6, 6.07) is 15.9. The Balaban J connectivity index is 0.000000376. The molecule has 2 aliphatic heterocycles. The van der Waals surface area contributed by atoms with Gasteiger partial charge in [0, 0.05) is 29.7 Å². The Morgan fingerprint density at radius 2 is 1.40 bits per heavy atom. The number of morpholine rings is 1. The van der Waals surface area contributed by atoms with Gasteiger partial charge in [-0.25, -0.2) is 14.4 Å². The number of amides is 4. The zero-order valence-electron chi connectivity index (χ0n) is 24.6. The number of ether oxygens (including phenoxy) is 2. The Bertz CT molecular complexity index is 1630. The van der Waals surface area contributed by atoms with Gasteiger partial charge in [-0.15, -0.1) is 0 Å². The number of rotatable bonds is 5. The van der Waals surface area contributed by atoms with Crippen LogP contribution in [0.1, 0.15) is 16.8 Å². The first-order valence-electron chi connectivity index (χ1n) is 13.6. The molecule has 0 saturated carbocycles. The van der Waals surface area contributed by atoms with Crippen molar-refractivity contribution in [2.75, 3.05) is 26.3 Å². The van der Waals surface area contributed by atoms with E-state index in [-0.39, 0.29) is 0 Å². The quantitative estimate of drug-likeness (QED) is 0.228. The molecule has 0 unspecified atom stereocenters. The predicted molar refractivity (Wildman–Crippen MR) is 150 cm³/mol. The van der Waals surface area contributed by atoms with E-state index in [4.69, 9.17) is 29.3 Å². The molecule has 2 aliphatic rings. The SMILES string of the molecule is Cc1cc(COc2ccc(C3(N4CCOCC4)C(=O)NC(=O)NC3=O)cc2)c2ccccc2n1.O=C(O)C(F)(F)F.O=C(O)C(F)(F)F. The Labute approximate surface area is 266 Å². The minimum absolute atomic E-state index is 0.341. The van der Waals surface area contributed by atoms with Crippen molar-refractivity contribution in [1.29, 1.82) is 0 Å². The Kier molecular flexibility index (Phi) is 11.7. The van der Waals surface area contributed by atoms with Gasteiger partial charge < -0.3 is 19.7 Å². The summed E-state index contributed by atoms with van der Waals surface area (Å²) >= 11 is 0. The van der Waals surface area contributed by atoms with Gasteiger partial charge in [-0.2, -0.15) is 26.3 Å². The fourth-order valence-corrected chi connectivity index (χ4v) is 4.62. The van der Waals surface area contributed by atoms with Gasteiger partial charge in [0.2, 0.25) is 5.54 Å². The second-order valence-electron chi connectivity index (χ2n) is 9.91. The maximum atomic E-state index is 13.1. The molecule has 13 nitrogen and oxygen atoms in total. The van der Waals surface area contributed by atoms with Crippen LogP contribution in [0.5, 0.6) is 5.75 Å². The normalized spacial score (nSPS) is 16.4. The van der Waals surface area contributed by atoms with E-state index >= 15 is 0 Å². The number of alkyl halides is 6. The number of aliphatic carboxylic acids is 2. The molecule has 2 saturated heterocycles. The first-order valence-corrected chi connectivity index (χ1v) is 13.6. The molecule has 19 heteroatoms. The smallest absolute Gasteiger partial charge is 0.489 e. The number of carboxylic acid groups (broad SMARTS) is 2. The molecular formula is C29H26F6N4O9. The first kappa shape index (κ1) is 37.2. The number of fused-ring (bicyclic) bond motifs is 1. The van der Waals surface area contributed by atoms with Gasteiger partial charge in [0.15, 0.2) is 0 Å². The lowest BCUT2D eigenvalue weighted by Crippen LogP contribution is -2.72. The number of pyridine rings is 1. The number of imide groups is 2. The molecule has 3 heterocycles. The van der Waals surface area contributed by atoms with Gasteiger partial charge in [0.1, 0.15) is 12.4 Å². The van der Waals surface area contributed by atoms with Gasteiger partial charge in [0.25, 0.3) is 11.8 Å². The van der Waals surface area contributed by atoms with Crippen molar-refractivity contribution in [3.63, 3.8) is 0 Å². The van der Waals surface area contributed by atoms with Crippen LogP contribution in [0.4, 0.5) is 31.1 Å². The van der Waals surface area contributed by atoms with E-state index in [9.17, 15) is 40.7 Å². The highest BCUT2D eigenvalue weighted by Gasteiger charge is 2.56. The van der Waals surface area contributed by atoms with Gasteiger partial charge in [-0.3, -0.25) is 30.1 Å². The van der Waals surface area contributed by atoms with E-state index in [0.29, 0.717) is 44.2 Å². The van der Waals surface area contributed by atoms with E-state index in [0.717, 1.165) is 22.2 Å². The third-order valence-electron chi connectivity index (χ3n) is 6.68. The Morgan fingerprint density at radius 1 is 0.896 bits per heavy atom. The number of halogens is 6. The number of nitrogens with one attached hydrogen (secondary N) is 2. The zero-order chi connectivity index (χ0) is 35.9. The van der Waals surface area contributed by atoms with Crippen LogP contribution in [0.15, 0.2) is 54.6 Å². The molecule has 0 spiro atoms. The number of hydrogen-bond donors (Lipinski definition) is 4. The van der Waals surface area contributed by atoms with Gasteiger partial charge >= 0.3 is 30.3 Å². The molecule has 4 N–H and O–H groups in total. The summed E-state index contributed by atoms with van der Waals surface area (Å²) in [5.74, 6) is -6.27. The van der Waals surface area contributed by atoms with Crippen LogP contribution in [-0.2, 0) is 36.1 Å². The van der Waals surface area contributed by atoms with E-state index in [2.05, 4.69) is 15.6 Å². The molecule has 1 aromatic heterocycles. The second kappa shape index (κ2) is 15.1. The fourth-order valence-electron chi connectivity index (χ4n) is 4.62. The molecule has 4 amide bonds. The average molecular weight is 689 g/mol. The number of carboxylic acids is 2. The summed E-state index contributed by atoms with van der Waals surface area (Å²) in [6.07, 6.45) is -10.2. The third kappa shape index (κ3) is 8.94. The lowest BCUT2D eigenvalue weighted by molar-refractivity contribution is -0.193. The topological polar surface area (TPSA) is 184 Å². The maximum absolute atomic E-state index is 13.1. The highest BCUT2D eigenvalue weighted by Crippen LogP contribution is 2.33. The van der Waals surface area contributed by atoms with Gasteiger partial charge in [-0.1, -0.05) is 30.3 Å². The van der Waals surface area contributed by atoms with E-state index in [1.54, 1.807) is 29.2 Å². The van der Waals surface area contributed by atoms with Crippen LogP contribution in [0.2, 0.25) is 0 Å². The molecule has 2 aromatic carbocycles. The number of nitrogens with zero attached hydrogens (tertiary/aromatic N) is 2. The summed E-state index contributed by atoms with van der Waals surface area (Å²) in [5.41, 5.74) is 1.63. The Morgan fingerprint density at radius 3 is 1.90 bits per heavy atom. The van der Waals surface area contributed by atoms with Crippen molar-refractivity contribution in [1.82, 2.24) is 20.5 Å². The number of carbonyl (C=O) groups is 5. The van der Waals surface area contributed by atoms with Crippen LogP contribution in [0.25, 0.3) is 10.9 Å². The lowest BCUT2D eigenvalue weighted by atomic mass is 9.84. The predicted octanol–water partition coefficient (Wildman–Crippen LogP) is 3.28. The minimum atomic E-state index is -5.08. The highest BCUT2D eigenvalue weighted by atomic mass is 19.4. The molecule has 258 valence electrons. The second-order valence-corrected chi connectivity index (χ2v) is 9.91. The first-order chi connectivity index (χ1) is 22.4. The summed E-state index contributed by atoms with van der Waals surface area (Å²) in [7, 11) is 0. The molecule has 0 bridgehead atoms. The summed E-state index contributed by atoms with van der Waals surface area (Å²) in [6.45, 7) is 3.81. The number of benzene rings is 2. The summed E-state index contributed by atoms with van der Waals surface area (Å²) in [4.78, 5) is 62.0. The molecule has 3 aromatic rings. The zero-order valence-corrected chi connectivity index (χ0v) is 24.6. The largest absolute Gasteiger partial charge is 0.490 e. The molecule has 0 radical (unpaired) electrons. The van der Waals surface area contributed by atoms with Crippen LogP contribution in [0, 0.1) is 6.92 Å². The average Bonchev–Trinajstić information content (AvgIpc) is 3.00. The van der Waals surface area contributed by atoms with Crippen molar-refractivity contribution in [2.24, 2.45) is 0 Å². The lowest BCUT2D eigenvalue weighted by Gasteiger charge is -2.44. The molecule has 5 rings (SSSR count). The van der Waals surface area contributed by atoms with Crippen LogP contribution in [0.3, 0.4) is 0 Å². The fraction of sp³-hybridized carbons (Fsp3) is 0.310. The van der Waals surface area contributed by atoms with Crippen LogP contribution < -0.4 is 15.4 Å². The van der Waals surface area contributed by atoms with Crippen LogP contribution >= 0.6 is 0 Å². The molecule has 0 aliphatic carbocycles. The van der Waals surface area contributed by atoms with Crippen molar-refractivity contribution >= 4 is 40.7 Å². The number of urea groups is 1. The molecule has 48 heavy (non-hydrogen) atoms.